The van der Waals surface area contributed by atoms with Gasteiger partial charge in [-0.1, -0.05) is 48.0 Å². The summed E-state index contributed by atoms with van der Waals surface area (Å²) in [4.78, 5) is 50.7. The van der Waals surface area contributed by atoms with Crippen LogP contribution in [0, 0.1) is 6.92 Å². The zero-order valence-electron chi connectivity index (χ0n) is 16.6. The number of imide groups is 1. The van der Waals surface area contributed by atoms with E-state index in [0.29, 0.717) is 15.9 Å². The highest BCUT2D eigenvalue weighted by Gasteiger charge is 2.34. The molecule has 0 atom stereocenters. The number of hydrogen-bond donors (Lipinski definition) is 1. The van der Waals surface area contributed by atoms with Crippen LogP contribution in [0.5, 0.6) is 0 Å². The molecule has 1 aliphatic heterocycles. The molecule has 0 saturated carbocycles. The summed E-state index contributed by atoms with van der Waals surface area (Å²) in [6.07, 6.45) is 1.67. The predicted molar refractivity (Wildman–Crippen MR) is 119 cm³/mol. The average molecular weight is 434 g/mol. The lowest BCUT2D eigenvalue weighted by molar-refractivity contribution is -0.122. The van der Waals surface area contributed by atoms with Crippen molar-refractivity contribution in [1.82, 2.24) is 10.2 Å². The summed E-state index contributed by atoms with van der Waals surface area (Å²) in [7, 11) is 0. The van der Waals surface area contributed by atoms with Crippen LogP contribution in [0.2, 0.25) is 0 Å². The maximum absolute atomic E-state index is 12.6. The maximum Gasteiger partial charge on any atom is 0.349 e. The highest BCUT2D eigenvalue weighted by atomic mass is 32.2. The molecular weight excluding hydrogens is 416 g/mol. The van der Waals surface area contributed by atoms with Gasteiger partial charge in [0, 0.05) is 18.5 Å². The molecule has 8 heteroatoms. The number of fused-ring (bicyclic) bond motifs is 1. The highest BCUT2D eigenvalue weighted by molar-refractivity contribution is 8.18. The Morgan fingerprint density at radius 2 is 1.84 bits per heavy atom. The molecule has 2 heterocycles. The van der Waals surface area contributed by atoms with Gasteiger partial charge in [-0.15, -0.1) is 0 Å². The number of nitrogens with one attached hydrogen (secondary N) is 1. The molecule has 1 aromatic heterocycles. The topological polar surface area (TPSA) is 96.7 Å². The van der Waals surface area contributed by atoms with Crippen LogP contribution in [0.1, 0.15) is 21.5 Å². The fourth-order valence-corrected chi connectivity index (χ4v) is 3.97. The Kier molecular flexibility index (Phi) is 5.73. The molecule has 1 aliphatic rings. The summed E-state index contributed by atoms with van der Waals surface area (Å²) in [5, 5.41) is 2.79. The van der Waals surface area contributed by atoms with E-state index in [9.17, 15) is 19.2 Å². The van der Waals surface area contributed by atoms with Crippen molar-refractivity contribution in [3.05, 3.63) is 86.6 Å². The normalized spacial score (nSPS) is 15.1. The van der Waals surface area contributed by atoms with Crippen LogP contribution in [0.25, 0.3) is 17.0 Å². The number of para-hydroxylation sites is 1. The summed E-state index contributed by atoms with van der Waals surface area (Å²) >= 11 is 0.861. The fraction of sp³-hybridized carbons (Fsp3) is 0.130. The lowest BCUT2D eigenvalue weighted by Gasteiger charge is -2.12. The molecule has 7 nitrogen and oxygen atoms in total. The zero-order valence-corrected chi connectivity index (χ0v) is 17.4. The van der Waals surface area contributed by atoms with E-state index < -0.39 is 22.7 Å². The minimum atomic E-state index is -0.747. The van der Waals surface area contributed by atoms with Gasteiger partial charge in [0.05, 0.1) is 4.91 Å². The minimum Gasteiger partial charge on any atom is -0.422 e. The van der Waals surface area contributed by atoms with Crippen molar-refractivity contribution in [1.29, 1.82) is 0 Å². The van der Waals surface area contributed by atoms with Crippen molar-refractivity contribution in [3.63, 3.8) is 0 Å². The molecule has 0 radical (unpaired) electrons. The summed E-state index contributed by atoms with van der Waals surface area (Å²) < 4.78 is 5.16. The Morgan fingerprint density at radius 1 is 1.10 bits per heavy atom. The molecule has 1 fully saturated rings. The van der Waals surface area contributed by atoms with E-state index >= 15 is 0 Å². The van der Waals surface area contributed by atoms with Crippen LogP contribution in [-0.4, -0.2) is 35.0 Å². The minimum absolute atomic E-state index is 0.000555. The second-order valence-corrected chi connectivity index (χ2v) is 7.98. The Hall–Kier alpha value is -3.65. The van der Waals surface area contributed by atoms with Crippen LogP contribution in [-0.2, 0) is 4.79 Å². The first-order chi connectivity index (χ1) is 14.9. The Morgan fingerprint density at radius 3 is 2.61 bits per heavy atom. The second-order valence-electron chi connectivity index (χ2n) is 6.99. The summed E-state index contributed by atoms with van der Waals surface area (Å²) in [5.74, 6) is -1.03. The number of nitrogens with zero attached hydrogens (tertiary/aromatic N) is 1. The van der Waals surface area contributed by atoms with E-state index in [1.54, 1.807) is 30.3 Å². The summed E-state index contributed by atoms with van der Waals surface area (Å²) in [6, 6.07) is 15.9. The van der Waals surface area contributed by atoms with Crippen LogP contribution in [0.15, 0.2) is 68.7 Å². The SMILES string of the molecule is Cc1ccc(C=C2SC(=O)N(CCNC(=O)c3cc4ccccc4oc3=O)C2=O)cc1. The second kappa shape index (κ2) is 8.61. The lowest BCUT2D eigenvalue weighted by Crippen LogP contribution is -2.38. The van der Waals surface area contributed by atoms with Crippen LogP contribution < -0.4 is 10.9 Å². The molecule has 3 amide bonds. The van der Waals surface area contributed by atoms with E-state index in [2.05, 4.69) is 5.32 Å². The average Bonchev–Trinajstić information content (AvgIpc) is 3.02. The Labute approximate surface area is 181 Å². The first-order valence-electron chi connectivity index (χ1n) is 9.55. The monoisotopic (exact) mass is 434 g/mol. The van der Waals surface area contributed by atoms with E-state index in [-0.39, 0.29) is 18.7 Å². The summed E-state index contributed by atoms with van der Waals surface area (Å²) in [5.41, 5.74) is 1.44. The number of aryl methyl sites for hydroxylation is 1. The molecule has 1 saturated heterocycles. The molecule has 0 unspecified atom stereocenters. The predicted octanol–water partition coefficient (Wildman–Crippen LogP) is 3.57. The molecule has 1 N–H and O–H groups in total. The van der Waals surface area contributed by atoms with E-state index in [4.69, 9.17) is 4.42 Å². The molecule has 3 aromatic rings. The summed E-state index contributed by atoms with van der Waals surface area (Å²) in [6.45, 7) is 1.98. The van der Waals surface area contributed by atoms with Gasteiger partial charge in [-0.25, -0.2) is 4.79 Å². The van der Waals surface area contributed by atoms with E-state index in [1.165, 1.54) is 6.07 Å². The molecule has 4 rings (SSSR count). The van der Waals surface area contributed by atoms with E-state index in [1.807, 2.05) is 31.2 Å². The van der Waals surface area contributed by atoms with Crippen molar-refractivity contribution >= 4 is 45.9 Å². The largest absolute Gasteiger partial charge is 0.422 e. The number of amides is 3. The van der Waals surface area contributed by atoms with Crippen molar-refractivity contribution in [3.8, 4) is 0 Å². The fourth-order valence-electron chi connectivity index (χ4n) is 3.10. The number of carbonyl (C=O) groups excluding carboxylic acids is 3. The Balaban J connectivity index is 1.40. The highest BCUT2D eigenvalue weighted by Crippen LogP contribution is 2.31. The molecular formula is C23H18N2O5S. The van der Waals surface area contributed by atoms with Gasteiger partial charge in [0.25, 0.3) is 17.1 Å². The Bertz CT molecular complexity index is 1280. The molecule has 0 aliphatic carbocycles. The van der Waals surface area contributed by atoms with Gasteiger partial charge in [-0.3, -0.25) is 19.3 Å². The van der Waals surface area contributed by atoms with Crippen molar-refractivity contribution in [2.75, 3.05) is 13.1 Å². The van der Waals surface area contributed by atoms with Gasteiger partial charge in [0.2, 0.25) is 0 Å². The third-order valence-electron chi connectivity index (χ3n) is 4.76. The maximum atomic E-state index is 12.6. The van der Waals surface area contributed by atoms with Gasteiger partial charge in [-0.05, 0) is 42.5 Å². The standard InChI is InChI=1S/C23H18N2O5S/c1-14-6-8-15(9-7-14)12-19-21(27)25(23(29)31-19)11-10-24-20(26)17-13-16-4-2-3-5-18(16)30-22(17)28/h2-9,12-13H,10-11H2,1H3,(H,24,26). The van der Waals surface area contributed by atoms with Gasteiger partial charge < -0.3 is 9.73 Å². The van der Waals surface area contributed by atoms with Crippen LogP contribution in [0.4, 0.5) is 4.79 Å². The number of rotatable bonds is 5. The molecule has 156 valence electrons. The number of thioether (sulfide) groups is 1. The van der Waals surface area contributed by atoms with Gasteiger partial charge in [0.15, 0.2) is 0 Å². The molecule has 0 spiro atoms. The molecule has 0 bridgehead atoms. The zero-order chi connectivity index (χ0) is 22.0. The van der Waals surface area contributed by atoms with Gasteiger partial charge in [0.1, 0.15) is 11.1 Å². The molecule has 2 aromatic carbocycles. The third-order valence-corrected chi connectivity index (χ3v) is 5.66. The van der Waals surface area contributed by atoms with Crippen LogP contribution in [0.3, 0.4) is 0 Å². The lowest BCUT2D eigenvalue weighted by atomic mass is 10.1. The van der Waals surface area contributed by atoms with Gasteiger partial charge >= 0.3 is 5.63 Å². The third kappa shape index (κ3) is 4.44. The van der Waals surface area contributed by atoms with Crippen LogP contribution >= 0.6 is 11.8 Å². The molecule has 31 heavy (non-hydrogen) atoms. The van der Waals surface area contributed by atoms with Crippen molar-refractivity contribution < 1.29 is 18.8 Å². The smallest absolute Gasteiger partial charge is 0.349 e. The van der Waals surface area contributed by atoms with Crippen molar-refractivity contribution in [2.45, 2.75) is 6.92 Å². The van der Waals surface area contributed by atoms with Gasteiger partial charge in [-0.2, -0.15) is 0 Å². The van der Waals surface area contributed by atoms with E-state index in [0.717, 1.165) is 27.8 Å². The first-order valence-corrected chi connectivity index (χ1v) is 10.4. The van der Waals surface area contributed by atoms with Crippen molar-refractivity contribution in [2.24, 2.45) is 0 Å². The quantitative estimate of drug-likeness (QED) is 0.487. The number of carbonyl (C=O) groups is 3. The first kappa shape index (κ1) is 20.6. The number of hydrogen-bond acceptors (Lipinski definition) is 6. The number of benzene rings is 2.